The fourth-order valence-electron chi connectivity index (χ4n) is 3.38. The van der Waals surface area contributed by atoms with Crippen LogP contribution in [0.4, 0.5) is 11.9 Å². The number of hydrogen-bond acceptors (Lipinski definition) is 8. The molecule has 1 amide bonds. The Kier molecular flexibility index (Phi) is 4.87. The predicted octanol–water partition coefficient (Wildman–Crippen LogP) is 1.86. The second-order valence-corrected chi connectivity index (χ2v) is 8.00. The van der Waals surface area contributed by atoms with E-state index in [2.05, 4.69) is 36.3 Å². The van der Waals surface area contributed by atoms with Crippen LogP contribution in [0.5, 0.6) is 0 Å². The van der Waals surface area contributed by atoms with Gasteiger partial charge in [-0.2, -0.15) is 19.6 Å². The van der Waals surface area contributed by atoms with Gasteiger partial charge in [0, 0.05) is 16.6 Å². The molecule has 11 heteroatoms. The molecule has 31 heavy (non-hydrogen) atoms. The van der Waals surface area contributed by atoms with Crippen LogP contribution in [-0.2, 0) is 4.79 Å². The smallest absolute Gasteiger partial charge is 0.270 e. The molecule has 1 aliphatic carbocycles. The van der Waals surface area contributed by atoms with E-state index in [0.717, 1.165) is 18.4 Å². The normalized spacial score (nSPS) is 20.5. The molecular weight excluding hydrogens is 420 g/mol. The number of nitrogens with one attached hydrogen (secondary N) is 4. The van der Waals surface area contributed by atoms with Crippen LogP contribution in [0.2, 0.25) is 5.02 Å². The van der Waals surface area contributed by atoms with Crippen molar-refractivity contribution >= 4 is 41.1 Å². The molecule has 0 bridgehead atoms. The summed E-state index contributed by atoms with van der Waals surface area (Å²) in [5.41, 5.74) is 2.30. The van der Waals surface area contributed by atoms with E-state index in [1.54, 1.807) is 16.8 Å². The van der Waals surface area contributed by atoms with Crippen LogP contribution in [0.3, 0.4) is 0 Å². The Balaban J connectivity index is 1.53. The van der Waals surface area contributed by atoms with Gasteiger partial charge in [0.2, 0.25) is 18.2 Å². The highest BCUT2D eigenvalue weighted by atomic mass is 35.5. The standard InChI is InChI=1S/C20H21ClN8O2/c1-10(13-4-2-3-5-14(13)21)23-18-26-16-11(8-15-17(30)27-20(31)25-15)9-22-29(16)19(28-18)24-12-6-7-12/h2-5,8-10,12,20,25,31H,6-7H2,1H3,(H,27,30)(H2,23,24,26,28)/b15-8-. The summed E-state index contributed by atoms with van der Waals surface area (Å²) in [6.45, 7) is 1.98. The first kappa shape index (κ1) is 19.6. The third-order valence-electron chi connectivity index (χ3n) is 5.13. The Labute approximate surface area is 182 Å². The number of aliphatic hydroxyl groups excluding tert-OH is 1. The summed E-state index contributed by atoms with van der Waals surface area (Å²) in [5, 5.41) is 26.3. The molecule has 160 valence electrons. The quantitative estimate of drug-likeness (QED) is 0.367. The van der Waals surface area contributed by atoms with Gasteiger partial charge in [0.05, 0.1) is 12.2 Å². The van der Waals surface area contributed by atoms with Gasteiger partial charge < -0.3 is 26.4 Å². The van der Waals surface area contributed by atoms with Gasteiger partial charge in [0.25, 0.3) is 5.91 Å². The van der Waals surface area contributed by atoms with Crippen LogP contribution < -0.4 is 21.3 Å². The highest BCUT2D eigenvalue weighted by Crippen LogP contribution is 2.28. The summed E-state index contributed by atoms with van der Waals surface area (Å²) in [4.78, 5) is 21.2. The van der Waals surface area contributed by atoms with Crippen molar-refractivity contribution in [2.24, 2.45) is 0 Å². The number of nitrogens with zero attached hydrogens (tertiary/aromatic N) is 4. The molecule has 3 heterocycles. The molecule has 0 spiro atoms. The van der Waals surface area contributed by atoms with Crippen LogP contribution >= 0.6 is 11.6 Å². The number of aliphatic hydroxyl groups is 1. The molecule has 1 saturated carbocycles. The number of hydrogen-bond donors (Lipinski definition) is 5. The zero-order valence-electron chi connectivity index (χ0n) is 16.6. The summed E-state index contributed by atoms with van der Waals surface area (Å²) in [5.74, 6) is 0.574. The topological polar surface area (TPSA) is 128 Å². The molecule has 3 aromatic rings. The molecule has 5 N–H and O–H groups in total. The molecule has 2 unspecified atom stereocenters. The van der Waals surface area contributed by atoms with E-state index in [0.29, 0.717) is 34.2 Å². The Morgan fingerprint density at radius 2 is 2.10 bits per heavy atom. The summed E-state index contributed by atoms with van der Waals surface area (Å²) in [6.07, 6.45) is 4.24. The lowest BCUT2D eigenvalue weighted by Crippen LogP contribution is -2.30. The average Bonchev–Trinajstić information content (AvgIpc) is 3.37. The second-order valence-electron chi connectivity index (χ2n) is 7.59. The molecular formula is C20H21ClN8O2. The van der Waals surface area contributed by atoms with Gasteiger partial charge in [0.15, 0.2) is 5.65 Å². The first-order valence-corrected chi connectivity index (χ1v) is 10.4. The second kappa shape index (κ2) is 7.71. The van der Waals surface area contributed by atoms with Crippen LogP contribution in [0.25, 0.3) is 11.7 Å². The van der Waals surface area contributed by atoms with Crippen molar-refractivity contribution in [3.63, 3.8) is 0 Å². The Bertz CT molecular complexity index is 1190. The Hall–Kier alpha value is -3.37. The molecule has 1 aromatic carbocycles. The van der Waals surface area contributed by atoms with Gasteiger partial charge in [0.1, 0.15) is 5.70 Å². The van der Waals surface area contributed by atoms with Crippen molar-refractivity contribution in [3.05, 3.63) is 52.3 Å². The average molecular weight is 441 g/mol. The lowest BCUT2D eigenvalue weighted by atomic mass is 10.1. The van der Waals surface area contributed by atoms with Crippen LogP contribution in [-0.4, -0.2) is 43.0 Å². The van der Waals surface area contributed by atoms with E-state index in [1.807, 2.05) is 31.2 Å². The minimum absolute atomic E-state index is 0.132. The van der Waals surface area contributed by atoms with Crippen LogP contribution in [0.15, 0.2) is 36.2 Å². The van der Waals surface area contributed by atoms with Crippen molar-refractivity contribution in [1.29, 1.82) is 0 Å². The molecule has 2 aromatic heterocycles. The summed E-state index contributed by atoms with van der Waals surface area (Å²) < 4.78 is 1.61. The lowest BCUT2D eigenvalue weighted by Gasteiger charge is -2.17. The van der Waals surface area contributed by atoms with Crippen molar-refractivity contribution in [3.8, 4) is 0 Å². The molecule has 2 fully saturated rings. The van der Waals surface area contributed by atoms with E-state index in [4.69, 9.17) is 11.6 Å². The Morgan fingerprint density at radius 3 is 2.81 bits per heavy atom. The third-order valence-corrected chi connectivity index (χ3v) is 5.47. The first-order valence-electron chi connectivity index (χ1n) is 9.98. The minimum atomic E-state index is -1.11. The fourth-order valence-corrected chi connectivity index (χ4v) is 3.68. The molecule has 1 aliphatic heterocycles. The molecule has 5 rings (SSSR count). The molecule has 1 saturated heterocycles. The Morgan fingerprint density at radius 1 is 1.29 bits per heavy atom. The number of carbonyl (C=O) groups excluding carboxylic acids is 1. The molecule has 2 atom stereocenters. The van der Waals surface area contributed by atoms with Gasteiger partial charge in [-0.1, -0.05) is 29.8 Å². The van der Waals surface area contributed by atoms with Gasteiger partial charge in [-0.05, 0) is 37.5 Å². The zero-order chi connectivity index (χ0) is 21.5. The van der Waals surface area contributed by atoms with E-state index in [1.165, 1.54) is 0 Å². The van der Waals surface area contributed by atoms with Gasteiger partial charge >= 0.3 is 0 Å². The third kappa shape index (κ3) is 3.99. The first-order chi connectivity index (χ1) is 15.0. The summed E-state index contributed by atoms with van der Waals surface area (Å²) in [7, 11) is 0. The van der Waals surface area contributed by atoms with E-state index in [-0.39, 0.29) is 11.7 Å². The molecule has 0 radical (unpaired) electrons. The van der Waals surface area contributed by atoms with Gasteiger partial charge in [-0.25, -0.2) is 0 Å². The largest absolute Gasteiger partial charge is 0.356 e. The lowest BCUT2D eigenvalue weighted by molar-refractivity contribution is -0.117. The monoisotopic (exact) mass is 440 g/mol. The number of anilines is 2. The predicted molar refractivity (Wildman–Crippen MR) is 116 cm³/mol. The summed E-state index contributed by atoms with van der Waals surface area (Å²) >= 11 is 6.34. The number of amides is 1. The minimum Gasteiger partial charge on any atom is -0.356 e. The fraction of sp³-hybridized carbons (Fsp3) is 0.300. The molecule has 2 aliphatic rings. The number of carbonyl (C=O) groups is 1. The van der Waals surface area contributed by atoms with Crippen molar-refractivity contribution in [2.45, 2.75) is 38.2 Å². The van der Waals surface area contributed by atoms with Crippen LogP contribution in [0, 0.1) is 0 Å². The van der Waals surface area contributed by atoms with Crippen LogP contribution in [0.1, 0.15) is 36.9 Å². The van der Waals surface area contributed by atoms with E-state index in [9.17, 15) is 9.90 Å². The van der Waals surface area contributed by atoms with Crippen molar-refractivity contribution in [2.75, 3.05) is 10.6 Å². The number of fused-ring (bicyclic) bond motifs is 1. The van der Waals surface area contributed by atoms with Gasteiger partial charge in [-0.15, -0.1) is 0 Å². The SMILES string of the molecule is CC(Nc1nc(NC2CC2)n2ncc(/C=C3\NC(O)NC3=O)c2n1)c1ccccc1Cl. The maximum absolute atomic E-state index is 12.0. The number of rotatable bonds is 6. The van der Waals surface area contributed by atoms with Crippen molar-refractivity contribution in [1.82, 2.24) is 30.2 Å². The number of halogens is 1. The number of aromatic nitrogens is 4. The molecule has 10 nitrogen and oxygen atoms in total. The maximum atomic E-state index is 12.0. The summed E-state index contributed by atoms with van der Waals surface area (Å²) in [6, 6.07) is 7.83. The van der Waals surface area contributed by atoms with E-state index < -0.39 is 12.3 Å². The van der Waals surface area contributed by atoms with Gasteiger partial charge in [-0.3, -0.25) is 4.79 Å². The number of benzene rings is 1. The highest BCUT2D eigenvalue weighted by Gasteiger charge is 2.26. The zero-order valence-corrected chi connectivity index (χ0v) is 17.4. The maximum Gasteiger partial charge on any atom is 0.270 e. The van der Waals surface area contributed by atoms with Crippen molar-refractivity contribution < 1.29 is 9.90 Å². The van der Waals surface area contributed by atoms with E-state index >= 15 is 0 Å². The highest BCUT2D eigenvalue weighted by molar-refractivity contribution is 6.31.